The fourth-order valence-electron chi connectivity index (χ4n) is 3.96. The predicted molar refractivity (Wildman–Crippen MR) is 128 cm³/mol. The molecule has 0 heterocycles. The molecule has 33 heavy (non-hydrogen) atoms. The van der Waals surface area contributed by atoms with E-state index in [-0.39, 0.29) is 11.7 Å². The van der Waals surface area contributed by atoms with Gasteiger partial charge in [0.25, 0.3) is 6.48 Å². The molecule has 0 radical (unpaired) electrons. The molecule has 0 fully saturated rings. The Morgan fingerprint density at radius 2 is 1.15 bits per heavy atom. The lowest BCUT2D eigenvalue weighted by molar-refractivity contribution is -0.302. The SMILES string of the molecule is CCCCCCCCCC(CCCCCCc1cc(F)c(F)cc1F)OC(OCC)OCC. The van der Waals surface area contributed by atoms with Crippen molar-refractivity contribution >= 4 is 0 Å². The molecule has 6 heteroatoms. The third kappa shape index (κ3) is 14.0. The van der Waals surface area contributed by atoms with Crippen LogP contribution < -0.4 is 0 Å². The molecule has 0 amide bonds. The summed E-state index contributed by atoms with van der Waals surface area (Å²) in [4.78, 5) is 0. The Hall–Kier alpha value is -1.11. The second-order valence-electron chi connectivity index (χ2n) is 8.68. The largest absolute Gasteiger partial charge is 0.330 e. The third-order valence-corrected chi connectivity index (χ3v) is 5.85. The number of rotatable bonds is 21. The van der Waals surface area contributed by atoms with Crippen molar-refractivity contribution in [3.05, 3.63) is 35.1 Å². The summed E-state index contributed by atoms with van der Waals surface area (Å²) < 4.78 is 57.4. The van der Waals surface area contributed by atoms with E-state index < -0.39 is 23.9 Å². The van der Waals surface area contributed by atoms with Gasteiger partial charge in [-0.05, 0) is 51.2 Å². The van der Waals surface area contributed by atoms with Crippen molar-refractivity contribution in [2.45, 2.75) is 123 Å². The maximum atomic E-state index is 13.7. The van der Waals surface area contributed by atoms with Gasteiger partial charge in [0.05, 0.1) is 6.10 Å². The average Bonchev–Trinajstić information content (AvgIpc) is 2.78. The quantitative estimate of drug-likeness (QED) is 0.102. The van der Waals surface area contributed by atoms with Gasteiger partial charge in [0, 0.05) is 19.3 Å². The summed E-state index contributed by atoms with van der Waals surface area (Å²) in [7, 11) is 0. The third-order valence-electron chi connectivity index (χ3n) is 5.85. The van der Waals surface area contributed by atoms with Crippen LogP contribution in [0.15, 0.2) is 12.1 Å². The minimum absolute atomic E-state index is 0.0902. The summed E-state index contributed by atoms with van der Waals surface area (Å²) in [6, 6.07) is 1.60. The normalized spacial score (nSPS) is 12.6. The highest BCUT2D eigenvalue weighted by atomic mass is 19.2. The molecule has 3 nitrogen and oxygen atoms in total. The van der Waals surface area contributed by atoms with Gasteiger partial charge < -0.3 is 14.2 Å². The van der Waals surface area contributed by atoms with Crippen molar-refractivity contribution in [2.75, 3.05) is 13.2 Å². The first-order valence-corrected chi connectivity index (χ1v) is 13.0. The van der Waals surface area contributed by atoms with Crippen LogP contribution in [0.2, 0.25) is 0 Å². The molecular formula is C27H45F3O3. The molecule has 0 bridgehead atoms. The van der Waals surface area contributed by atoms with Gasteiger partial charge in [0.15, 0.2) is 11.6 Å². The van der Waals surface area contributed by atoms with Gasteiger partial charge in [-0.2, -0.15) is 0 Å². The van der Waals surface area contributed by atoms with E-state index in [0.29, 0.717) is 25.7 Å². The molecule has 0 aromatic heterocycles. The summed E-state index contributed by atoms with van der Waals surface area (Å²) >= 11 is 0. The zero-order valence-corrected chi connectivity index (χ0v) is 21.0. The van der Waals surface area contributed by atoms with E-state index >= 15 is 0 Å². The zero-order valence-electron chi connectivity index (χ0n) is 21.0. The van der Waals surface area contributed by atoms with Crippen LogP contribution in [0.1, 0.15) is 110 Å². The van der Waals surface area contributed by atoms with Crippen LogP contribution in [-0.2, 0) is 20.6 Å². The molecule has 1 unspecified atom stereocenters. The van der Waals surface area contributed by atoms with Gasteiger partial charge in [0.2, 0.25) is 0 Å². The number of hydrogen-bond acceptors (Lipinski definition) is 3. The second kappa shape index (κ2) is 19.2. The van der Waals surface area contributed by atoms with E-state index in [2.05, 4.69) is 6.92 Å². The van der Waals surface area contributed by atoms with Crippen molar-refractivity contribution in [3.63, 3.8) is 0 Å². The topological polar surface area (TPSA) is 27.7 Å². The number of ether oxygens (including phenoxy) is 3. The number of halogens is 3. The van der Waals surface area contributed by atoms with Crippen LogP contribution >= 0.6 is 0 Å². The molecular weight excluding hydrogens is 429 g/mol. The van der Waals surface area contributed by atoms with Gasteiger partial charge in [-0.25, -0.2) is 13.2 Å². The van der Waals surface area contributed by atoms with Gasteiger partial charge in [-0.3, -0.25) is 0 Å². The molecule has 1 rings (SSSR count). The summed E-state index contributed by atoms with van der Waals surface area (Å²) in [5, 5.41) is 0. The lowest BCUT2D eigenvalue weighted by Gasteiger charge is -2.24. The molecule has 1 aromatic rings. The molecule has 0 spiro atoms. The highest BCUT2D eigenvalue weighted by Crippen LogP contribution is 2.20. The standard InChI is InChI=1S/C27H45F3O3/c1-4-7-8-9-10-11-15-18-23(33-27(31-5-2)32-6-3)19-16-13-12-14-17-22-20-25(29)26(30)21-24(22)28/h20-21,23,27H,4-19H2,1-3H3. The molecule has 0 aliphatic heterocycles. The van der Waals surface area contributed by atoms with Crippen LogP contribution in [-0.4, -0.2) is 25.8 Å². The lowest BCUT2D eigenvalue weighted by atomic mass is 10.0. The Balaban J connectivity index is 2.36. The highest BCUT2D eigenvalue weighted by Gasteiger charge is 2.17. The first-order valence-electron chi connectivity index (χ1n) is 13.0. The van der Waals surface area contributed by atoms with Crippen LogP contribution in [0.4, 0.5) is 13.2 Å². The zero-order chi connectivity index (χ0) is 24.3. The smallest absolute Gasteiger partial charge is 0.271 e. The number of benzene rings is 1. The van der Waals surface area contributed by atoms with Gasteiger partial charge in [-0.15, -0.1) is 0 Å². The Labute approximate surface area is 199 Å². The molecule has 192 valence electrons. The van der Waals surface area contributed by atoms with Gasteiger partial charge in [0.1, 0.15) is 5.82 Å². The maximum Gasteiger partial charge on any atom is 0.271 e. The average molecular weight is 475 g/mol. The Kier molecular flexibility index (Phi) is 17.4. The van der Waals surface area contributed by atoms with Gasteiger partial charge >= 0.3 is 0 Å². The molecule has 0 saturated carbocycles. The first-order chi connectivity index (χ1) is 16.0. The maximum absolute atomic E-state index is 13.7. The van der Waals surface area contributed by atoms with E-state index in [1.165, 1.54) is 38.5 Å². The Bertz CT molecular complexity index is 607. The first kappa shape index (κ1) is 29.9. The van der Waals surface area contributed by atoms with Crippen LogP contribution in [0.5, 0.6) is 0 Å². The van der Waals surface area contributed by atoms with Crippen LogP contribution in [0.25, 0.3) is 0 Å². The molecule has 0 aliphatic carbocycles. The van der Waals surface area contributed by atoms with E-state index in [0.717, 1.165) is 51.0 Å². The fraction of sp³-hybridized carbons (Fsp3) is 0.778. The summed E-state index contributed by atoms with van der Waals surface area (Å²) in [5.74, 6) is -2.80. The van der Waals surface area contributed by atoms with E-state index in [9.17, 15) is 13.2 Å². The van der Waals surface area contributed by atoms with E-state index in [1.54, 1.807) is 0 Å². The van der Waals surface area contributed by atoms with Crippen molar-refractivity contribution < 1.29 is 27.4 Å². The number of unbranched alkanes of at least 4 members (excludes halogenated alkanes) is 9. The van der Waals surface area contributed by atoms with Crippen molar-refractivity contribution in [2.24, 2.45) is 0 Å². The lowest BCUT2D eigenvalue weighted by Crippen LogP contribution is -2.27. The van der Waals surface area contributed by atoms with Crippen LogP contribution in [0, 0.1) is 17.5 Å². The van der Waals surface area contributed by atoms with Crippen molar-refractivity contribution in [3.8, 4) is 0 Å². The minimum Gasteiger partial charge on any atom is -0.330 e. The molecule has 0 saturated heterocycles. The minimum atomic E-state index is -1.14. The predicted octanol–water partition coefficient (Wildman–Crippen LogP) is 8.48. The summed E-state index contributed by atoms with van der Waals surface area (Å²) in [5.41, 5.74) is 0.241. The Morgan fingerprint density at radius 1 is 0.636 bits per heavy atom. The number of aryl methyl sites for hydroxylation is 1. The summed E-state index contributed by atoms with van der Waals surface area (Å²) in [6.07, 6.45) is 14.9. The second-order valence-corrected chi connectivity index (χ2v) is 8.68. The summed E-state index contributed by atoms with van der Waals surface area (Å²) in [6.45, 7) is 6.54. The molecule has 1 atom stereocenters. The van der Waals surface area contributed by atoms with E-state index in [4.69, 9.17) is 14.2 Å². The monoisotopic (exact) mass is 474 g/mol. The van der Waals surface area contributed by atoms with E-state index in [1.807, 2.05) is 13.8 Å². The molecule has 1 aromatic carbocycles. The number of hydrogen-bond donors (Lipinski definition) is 0. The van der Waals surface area contributed by atoms with Crippen molar-refractivity contribution in [1.29, 1.82) is 0 Å². The molecule has 0 N–H and O–H groups in total. The highest BCUT2D eigenvalue weighted by molar-refractivity contribution is 5.20. The Morgan fingerprint density at radius 3 is 1.73 bits per heavy atom. The van der Waals surface area contributed by atoms with Crippen LogP contribution in [0.3, 0.4) is 0 Å². The molecule has 0 aliphatic rings. The van der Waals surface area contributed by atoms with Gasteiger partial charge in [-0.1, -0.05) is 71.1 Å². The fourth-order valence-corrected chi connectivity index (χ4v) is 3.96. The van der Waals surface area contributed by atoms with Crippen molar-refractivity contribution in [1.82, 2.24) is 0 Å².